The Morgan fingerprint density at radius 1 is 0.947 bits per heavy atom. The highest BCUT2D eigenvalue weighted by atomic mass is 35.5. The van der Waals surface area contributed by atoms with E-state index in [1.807, 2.05) is 17.5 Å². The van der Waals surface area contributed by atoms with Crippen molar-refractivity contribution in [2.75, 3.05) is 27.2 Å². The van der Waals surface area contributed by atoms with Gasteiger partial charge in [0, 0.05) is 0 Å². The second-order valence-electron chi connectivity index (χ2n) is 4.14. The molecule has 0 bridgehead atoms. The molecular weight excluding hydrogens is 264 g/mol. The van der Waals surface area contributed by atoms with Gasteiger partial charge < -0.3 is 16.9 Å². The monoisotopic (exact) mass is 286 g/mol. The Kier molecular flexibility index (Phi) is 15.2. The van der Waals surface area contributed by atoms with E-state index in [1.54, 1.807) is 0 Å². The maximum absolute atomic E-state index is 10.3. The minimum absolute atomic E-state index is 0. The molecule has 0 aromatic carbocycles. The van der Waals surface area contributed by atoms with Crippen molar-refractivity contribution >= 4 is 11.8 Å². The lowest BCUT2D eigenvalue weighted by atomic mass is 10.4. The van der Waals surface area contributed by atoms with Crippen LogP contribution in [0, 0.1) is 0 Å². The first-order valence-electron chi connectivity index (χ1n) is 5.46. The lowest BCUT2D eigenvalue weighted by Gasteiger charge is -2.26. The topological polar surface area (TPSA) is 46.2 Å². The molecule has 5 heteroatoms. The molecule has 108 valence electrons. The van der Waals surface area contributed by atoms with E-state index in [9.17, 15) is 9.59 Å². The third-order valence-electron chi connectivity index (χ3n) is 1.86. The number of nitrogens with zero attached hydrogens (tertiary/aromatic N) is 1. The van der Waals surface area contributed by atoms with Crippen LogP contribution in [0.15, 0.2) is 50.6 Å². The predicted molar refractivity (Wildman–Crippen MR) is 75.8 cm³/mol. The smallest absolute Gasteiger partial charge is 0.250 e. The zero-order valence-corrected chi connectivity index (χ0v) is 12.4. The molecule has 0 saturated carbocycles. The van der Waals surface area contributed by atoms with Crippen molar-refractivity contribution in [3.63, 3.8) is 0 Å². The van der Waals surface area contributed by atoms with Gasteiger partial charge in [0.15, 0.2) is 0 Å². The molecule has 0 fully saturated rings. The maximum atomic E-state index is 10.3. The minimum Gasteiger partial charge on any atom is -1.00 e. The SMILES string of the molecule is C=CC(=O)NC(=O)C=C.C=CC[N+](C)(C)CC=C.[Cl-]. The van der Waals surface area contributed by atoms with Gasteiger partial charge in [-0.15, -0.1) is 0 Å². The molecule has 0 unspecified atom stereocenters. The third-order valence-corrected chi connectivity index (χ3v) is 1.86. The average Bonchev–Trinajstić information content (AvgIpc) is 2.29. The van der Waals surface area contributed by atoms with Gasteiger partial charge in [-0.2, -0.15) is 0 Å². The van der Waals surface area contributed by atoms with Crippen molar-refractivity contribution in [2.24, 2.45) is 0 Å². The highest BCUT2D eigenvalue weighted by Crippen LogP contribution is 1.95. The van der Waals surface area contributed by atoms with E-state index < -0.39 is 11.8 Å². The number of hydrogen-bond donors (Lipinski definition) is 1. The average molecular weight is 287 g/mol. The molecule has 0 atom stereocenters. The fraction of sp³-hybridized carbons (Fsp3) is 0.286. The predicted octanol–water partition coefficient (Wildman–Crippen LogP) is -1.56. The molecule has 1 N–H and O–H groups in total. The van der Waals surface area contributed by atoms with E-state index in [0.717, 1.165) is 29.7 Å². The summed E-state index contributed by atoms with van der Waals surface area (Å²) in [5.41, 5.74) is 0. The Bertz CT molecular complexity index is 306. The van der Waals surface area contributed by atoms with Crippen LogP contribution in [0.3, 0.4) is 0 Å². The lowest BCUT2D eigenvalue weighted by Crippen LogP contribution is -3.00. The summed E-state index contributed by atoms with van der Waals surface area (Å²) in [4.78, 5) is 20.6. The molecule has 0 spiro atoms. The highest BCUT2D eigenvalue weighted by molar-refractivity contribution is 6.04. The molecule has 0 aliphatic heterocycles. The van der Waals surface area contributed by atoms with Crippen LogP contribution < -0.4 is 17.7 Å². The number of imide groups is 1. The van der Waals surface area contributed by atoms with Crippen molar-refractivity contribution in [2.45, 2.75) is 0 Å². The highest BCUT2D eigenvalue weighted by Gasteiger charge is 2.07. The summed E-state index contributed by atoms with van der Waals surface area (Å²) in [7, 11) is 4.31. The van der Waals surface area contributed by atoms with Crippen molar-refractivity contribution in [3.05, 3.63) is 50.6 Å². The van der Waals surface area contributed by atoms with Gasteiger partial charge in [0.05, 0.1) is 27.2 Å². The zero-order chi connectivity index (χ0) is 14.6. The van der Waals surface area contributed by atoms with E-state index in [2.05, 4.69) is 40.4 Å². The van der Waals surface area contributed by atoms with Gasteiger partial charge in [-0.3, -0.25) is 14.9 Å². The second-order valence-corrected chi connectivity index (χ2v) is 4.14. The first-order chi connectivity index (χ1) is 8.32. The van der Waals surface area contributed by atoms with E-state index in [1.165, 1.54) is 0 Å². The molecule has 0 aromatic rings. The normalized spacial score (nSPS) is 8.74. The second kappa shape index (κ2) is 12.8. The lowest BCUT2D eigenvalue weighted by molar-refractivity contribution is -0.878. The minimum atomic E-state index is -0.514. The first kappa shape index (κ1) is 22.5. The van der Waals surface area contributed by atoms with Crippen LogP contribution in [0.25, 0.3) is 0 Å². The summed E-state index contributed by atoms with van der Waals surface area (Å²) in [6, 6.07) is 0. The molecule has 2 amide bonds. The number of halogens is 1. The zero-order valence-electron chi connectivity index (χ0n) is 11.7. The summed E-state index contributed by atoms with van der Waals surface area (Å²) >= 11 is 0. The van der Waals surface area contributed by atoms with Gasteiger partial charge in [0.1, 0.15) is 0 Å². The Hall–Kier alpha value is -1.65. The molecule has 0 aliphatic carbocycles. The molecule has 0 radical (unpaired) electrons. The molecule has 0 saturated heterocycles. The van der Waals surface area contributed by atoms with Gasteiger partial charge in [-0.25, -0.2) is 0 Å². The molecule has 19 heavy (non-hydrogen) atoms. The fourth-order valence-electron chi connectivity index (χ4n) is 0.997. The van der Waals surface area contributed by atoms with Crippen LogP contribution in [0.5, 0.6) is 0 Å². The van der Waals surface area contributed by atoms with Crippen LogP contribution in [0.2, 0.25) is 0 Å². The van der Waals surface area contributed by atoms with Crippen molar-refractivity contribution in [1.29, 1.82) is 0 Å². The van der Waals surface area contributed by atoms with E-state index in [4.69, 9.17) is 0 Å². The van der Waals surface area contributed by atoms with Crippen LogP contribution in [-0.4, -0.2) is 43.5 Å². The molecule has 4 nitrogen and oxygen atoms in total. The van der Waals surface area contributed by atoms with Gasteiger partial charge in [0.25, 0.3) is 0 Å². The van der Waals surface area contributed by atoms with Gasteiger partial charge in [-0.05, 0) is 24.3 Å². The third kappa shape index (κ3) is 16.4. The Morgan fingerprint density at radius 2 is 1.26 bits per heavy atom. The standard InChI is InChI=1S/C8H16N.C6H7NO2.ClH/c1-5-7-9(3,4)8-6-2;1-3-5(8)7-6(9)4-2;/h5-6H,1-2,7-8H2,3-4H3;3-4H,1-2H2,(H,7,8,9);1H/q+1;;/p-1. The molecule has 0 aromatic heterocycles. The number of likely N-dealkylation sites (N-methyl/N-ethyl adjacent to an activating group) is 1. The summed E-state index contributed by atoms with van der Waals surface area (Å²) < 4.78 is 0.951. The number of hydrogen-bond acceptors (Lipinski definition) is 2. The number of carbonyl (C=O) groups excluding carboxylic acids is 2. The maximum Gasteiger partial charge on any atom is 0.250 e. The van der Waals surface area contributed by atoms with E-state index in [-0.39, 0.29) is 12.4 Å². The summed E-state index contributed by atoms with van der Waals surface area (Å²) in [5.74, 6) is -1.03. The van der Waals surface area contributed by atoms with E-state index in [0.29, 0.717) is 0 Å². The Labute approximate surface area is 122 Å². The number of rotatable bonds is 6. The quantitative estimate of drug-likeness (QED) is 0.365. The van der Waals surface area contributed by atoms with Crippen molar-refractivity contribution in [3.8, 4) is 0 Å². The van der Waals surface area contributed by atoms with Crippen molar-refractivity contribution < 1.29 is 26.5 Å². The largest absolute Gasteiger partial charge is 1.00 e. The van der Waals surface area contributed by atoms with Crippen LogP contribution >= 0.6 is 0 Å². The number of quaternary nitrogens is 1. The number of amides is 2. The first-order valence-corrected chi connectivity index (χ1v) is 5.46. The van der Waals surface area contributed by atoms with Gasteiger partial charge in [-0.1, -0.05) is 26.3 Å². The Balaban J connectivity index is -0.000000256. The molecule has 0 rings (SSSR count). The van der Waals surface area contributed by atoms with E-state index >= 15 is 0 Å². The van der Waals surface area contributed by atoms with Crippen LogP contribution in [-0.2, 0) is 9.59 Å². The molecular formula is C14H23ClN2O2. The Morgan fingerprint density at radius 3 is 1.47 bits per heavy atom. The van der Waals surface area contributed by atoms with Crippen LogP contribution in [0.1, 0.15) is 0 Å². The summed E-state index contributed by atoms with van der Waals surface area (Å²) in [6.45, 7) is 15.7. The fourth-order valence-corrected chi connectivity index (χ4v) is 0.997. The number of nitrogens with one attached hydrogen (secondary N) is 1. The van der Waals surface area contributed by atoms with Gasteiger partial charge in [0.2, 0.25) is 11.8 Å². The molecule has 0 aliphatic rings. The van der Waals surface area contributed by atoms with Crippen molar-refractivity contribution in [1.82, 2.24) is 5.32 Å². The van der Waals surface area contributed by atoms with Gasteiger partial charge >= 0.3 is 0 Å². The summed E-state index contributed by atoms with van der Waals surface area (Å²) in [5, 5.41) is 1.97. The number of carbonyl (C=O) groups is 2. The van der Waals surface area contributed by atoms with Crippen LogP contribution in [0.4, 0.5) is 0 Å². The molecule has 0 heterocycles. The summed E-state index contributed by atoms with van der Waals surface area (Å²) in [6.07, 6.45) is 5.90.